The molecule has 0 radical (unpaired) electrons. The van der Waals surface area contributed by atoms with Crippen molar-refractivity contribution in [3.05, 3.63) is 57.0 Å². The summed E-state index contributed by atoms with van der Waals surface area (Å²) in [5, 5.41) is 8.71. The number of pyridine rings is 1. The Bertz CT molecular complexity index is 992. The van der Waals surface area contributed by atoms with Gasteiger partial charge in [0.2, 0.25) is 0 Å². The lowest BCUT2D eigenvalue weighted by atomic mass is 10.1. The highest BCUT2D eigenvalue weighted by Crippen LogP contribution is 2.21. The Morgan fingerprint density at radius 2 is 2.12 bits per heavy atom. The zero-order valence-corrected chi connectivity index (χ0v) is 13.9. The summed E-state index contributed by atoms with van der Waals surface area (Å²) in [7, 11) is 1.63. The summed E-state index contributed by atoms with van der Waals surface area (Å²) in [6.07, 6.45) is 0. The molecule has 3 rings (SSSR count). The minimum atomic E-state index is -0.566. The van der Waals surface area contributed by atoms with E-state index in [1.807, 2.05) is 6.92 Å². The van der Waals surface area contributed by atoms with Gasteiger partial charge in [-0.1, -0.05) is 11.6 Å². The normalized spacial score (nSPS) is 12.3. The van der Waals surface area contributed by atoms with Crippen LogP contribution in [0.2, 0.25) is 5.02 Å². The molecule has 0 saturated heterocycles. The Hall–Kier alpha value is -2.80. The van der Waals surface area contributed by atoms with Gasteiger partial charge in [-0.2, -0.15) is 5.10 Å². The molecule has 3 aromatic rings. The number of H-pyrrole nitrogens is 1. The van der Waals surface area contributed by atoms with E-state index in [2.05, 4.69) is 15.4 Å². The summed E-state index contributed by atoms with van der Waals surface area (Å²) in [4.78, 5) is 26.4. The first-order valence-corrected chi connectivity index (χ1v) is 7.66. The molecule has 2 heterocycles. The molecule has 24 heavy (non-hydrogen) atoms. The van der Waals surface area contributed by atoms with Crippen molar-refractivity contribution in [2.45, 2.75) is 13.0 Å². The first-order chi connectivity index (χ1) is 11.3. The topological polar surface area (TPSA) is 106 Å². The summed E-state index contributed by atoms with van der Waals surface area (Å²) >= 11 is 6.01. The van der Waals surface area contributed by atoms with Crippen LogP contribution in [0.3, 0.4) is 0 Å². The molecule has 0 fully saturated rings. The second-order valence-electron chi connectivity index (χ2n) is 5.55. The molecule has 7 nitrogen and oxygen atoms in total. The maximum absolute atomic E-state index is 12.3. The molecule has 0 bridgehead atoms. The number of rotatable bonds is 4. The van der Waals surface area contributed by atoms with Crippen LogP contribution >= 0.6 is 11.6 Å². The van der Waals surface area contributed by atoms with Crippen molar-refractivity contribution in [3.63, 3.8) is 0 Å². The number of aromatic nitrogens is 3. The van der Waals surface area contributed by atoms with Crippen LogP contribution in [0.4, 0.5) is 5.82 Å². The van der Waals surface area contributed by atoms with Crippen molar-refractivity contribution in [2.75, 3.05) is 5.32 Å². The molecule has 4 N–H and O–H groups in total. The van der Waals surface area contributed by atoms with E-state index in [4.69, 9.17) is 17.3 Å². The van der Waals surface area contributed by atoms with E-state index < -0.39 is 5.91 Å². The predicted octanol–water partition coefficient (Wildman–Crippen LogP) is 2.19. The summed E-state index contributed by atoms with van der Waals surface area (Å²) in [5.41, 5.74) is 6.61. The maximum atomic E-state index is 12.3. The summed E-state index contributed by atoms with van der Waals surface area (Å²) in [5.74, 6) is -0.103. The van der Waals surface area contributed by atoms with Crippen LogP contribution in [0.15, 0.2) is 35.1 Å². The number of carbonyl (C=O) groups excluding carboxylic acids is 1. The Labute approximate surface area is 142 Å². The fourth-order valence-electron chi connectivity index (χ4n) is 2.58. The van der Waals surface area contributed by atoms with E-state index in [0.717, 1.165) is 5.39 Å². The number of benzene rings is 1. The third kappa shape index (κ3) is 2.98. The average Bonchev–Trinajstić information content (AvgIpc) is 2.87. The van der Waals surface area contributed by atoms with Crippen LogP contribution in [0.5, 0.6) is 0 Å². The van der Waals surface area contributed by atoms with E-state index in [1.165, 1.54) is 4.68 Å². The molecule has 0 unspecified atom stereocenters. The van der Waals surface area contributed by atoms with Crippen molar-refractivity contribution in [1.29, 1.82) is 0 Å². The van der Waals surface area contributed by atoms with Gasteiger partial charge in [-0.3, -0.25) is 14.3 Å². The van der Waals surface area contributed by atoms with Crippen LogP contribution in [0, 0.1) is 0 Å². The highest BCUT2D eigenvalue weighted by Gasteiger charge is 2.15. The number of nitrogens with zero attached hydrogens (tertiary/aromatic N) is 2. The van der Waals surface area contributed by atoms with Gasteiger partial charge in [-0.15, -0.1) is 0 Å². The minimum absolute atomic E-state index is 0.198. The number of halogens is 1. The second-order valence-corrected chi connectivity index (χ2v) is 5.99. The minimum Gasteiger partial charge on any atom is -0.364 e. The smallest absolute Gasteiger partial charge is 0.267 e. The zero-order chi connectivity index (χ0) is 17.4. The fourth-order valence-corrected chi connectivity index (χ4v) is 2.76. The number of hydrogen-bond donors (Lipinski definition) is 3. The lowest BCUT2D eigenvalue weighted by molar-refractivity contribution is 0.0991. The van der Waals surface area contributed by atoms with Gasteiger partial charge in [0.05, 0.1) is 6.04 Å². The SMILES string of the molecule is C[C@H](Nc1cc(C(N)=O)n(C)n1)c1cc2cc(Cl)ccc2[nH]c1=O. The van der Waals surface area contributed by atoms with Crippen LogP contribution in [0.25, 0.3) is 10.9 Å². The van der Waals surface area contributed by atoms with E-state index in [1.54, 1.807) is 37.4 Å². The number of carbonyl (C=O) groups is 1. The van der Waals surface area contributed by atoms with Gasteiger partial charge in [-0.25, -0.2) is 0 Å². The predicted molar refractivity (Wildman–Crippen MR) is 93.3 cm³/mol. The number of anilines is 1. The summed E-state index contributed by atoms with van der Waals surface area (Å²) in [6, 6.07) is 8.28. The Balaban J connectivity index is 1.95. The third-order valence-electron chi connectivity index (χ3n) is 3.80. The third-order valence-corrected chi connectivity index (χ3v) is 4.03. The molecule has 124 valence electrons. The number of fused-ring (bicyclic) bond motifs is 1. The van der Waals surface area contributed by atoms with E-state index in [9.17, 15) is 9.59 Å². The van der Waals surface area contributed by atoms with Gasteiger partial charge in [0.1, 0.15) is 11.5 Å². The molecule has 8 heteroatoms. The molecule has 1 atom stereocenters. The van der Waals surface area contributed by atoms with Crippen LogP contribution in [-0.2, 0) is 7.05 Å². The molecule has 0 aliphatic heterocycles. The lowest BCUT2D eigenvalue weighted by Crippen LogP contribution is -2.19. The van der Waals surface area contributed by atoms with Crippen molar-refractivity contribution in [2.24, 2.45) is 12.8 Å². The highest BCUT2D eigenvalue weighted by atomic mass is 35.5. The first-order valence-electron chi connectivity index (χ1n) is 7.28. The summed E-state index contributed by atoms with van der Waals surface area (Å²) in [6.45, 7) is 1.83. The molecular weight excluding hydrogens is 330 g/mol. The quantitative estimate of drug-likeness (QED) is 0.673. The van der Waals surface area contributed by atoms with Crippen LogP contribution < -0.4 is 16.6 Å². The molecule has 1 amide bonds. The van der Waals surface area contributed by atoms with Gasteiger partial charge < -0.3 is 16.0 Å². The van der Waals surface area contributed by atoms with Crippen molar-refractivity contribution >= 4 is 34.2 Å². The van der Waals surface area contributed by atoms with Gasteiger partial charge >= 0.3 is 0 Å². The van der Waals surface area contributed by atoms with Crippen LogP contribution in [-0.4, -0.2) is 20.7 Å². The number of primary amides is 1. The standard InChI is InChI=1S/C16H16ClN5O2/c1-8(19-14-7-13(15(18)23)22(2)21-14)11-6-9-5-10(17)3-4-12(9)20-16(11)24/h3-8H,1-2H3,(H2,18,23)(H,19,21)(H,20,24)/t8-/m0/s1. The molecule has 0 saturated carbocycles. The van der Waals surface area contributed by atoms with Gasteiger partial charge in [0.15, 0.2) is 0 Å². The number of aryl methyl sites for hydroxylation is 1. The Morgan fingerprint density at radius 1 is 1.38 bits per heavy atom. The van der Waals surface area contributed by atoms with Crippen molar-refractivity contribution in [1.82, 2.24) is 14.8 Å². The van der Waals surface area contributed by atoms with E-state index >= 15 is 0 Å². The largest absolute Gasteiger partial charge is 0.364 e. The Morgan fingerprint density at radius 3 is 2.79 bits per heavy atom. The van der Waals surface area contributed by atoms with E-state index in [-0.39, 0.29) is 17.3 Å². The molecule has 0 spiro atoms. The van der Waals surface area contributed by atoms with Crippen LogP contribution in [0.1, 0.15) is 29.0 Å². The average molecular weight is 346 g/mol. The van der Waals surface area contributed by atoms with Crippen molar-refractivity contribution < 1.29 is 4.79 Å². The van der Waals surface area contributed by atoms with Crippen molar-refractivity contribution in [3.8, 4) is 0 Å². The Kier molecular flexibility index (Phi) is 4.02. The highest BCUT2D eigenvalue weighted by molar-refractivity contribution is 6.31. The zero-order valence-electron chi connectivity index (χ0n) is 13.1. The molecular formula is C16H16ClN5O2. The number of hydrogen-bond acceptors (Lipinski definition) is 4. The maximum Gasteiger partial charge on any atom is 0.267 e. The molecule has 2 aromatic heterocycles. The molecule has 0 aliphatic rings. The van der Waals surface area contributed by atoms with Gasteiger partial charge in [0.25, 0.3) is 11.5 Å². The molecule has 1 aromatic carbocycles. The monoisotopic (exact) mass is 345 g/mol. The number of amides is 1. The first kappa shape index (κ1) is 16.1. The van der Waals surface area contributed by atoms with E-state index in [0.29, 0.717) is 21.9 Å². The summed E-state index contributed by atoms with van der Waals surface area (Å²) < 4.78 is 1.39. The number of aromatic amines is 1. The number of nitrogens with two attached hydrogens (primary N) is 1. The lowest BCUT2D eigenvalue weighted by Gasteiger charge is -2.13. The van der Waals surface area contributed by atoms with Gasteiger partial charge in [0, 0.05) is 34.6 Å². The second kappa shape index (κ2) is 6.01. The fraction of sp³-hybridized carbons (Fsp3) is 0.188. The van der Waals surface area contributed by atoms with Gasteiger partial charge in [-0.05, 0) is 31.2 Å². The molecule has 0 aliphatic carbocycles. The number of nitrogens with one attached hydrogen (secondary N) is 2.